The highest BCUT2D eigenvalue weighted by Gasteiger charge is 2.47. The molecule has 3 rings (SSSR count). The maximum atomic E-state index is 12.6. The summed E-state index contributed by atoms with van der Waals surface area (Å²) in [5, 5.41) is 28.4. The third-order valence-corrected chi connectivity index (χ3v) is 4.40. The first kappa shape index (κ1) is 16.8. The molecule has 0 aliphatic carbocycles. The Morgan fingerprint density at radius 1 is 1.00 bits per heavy atom. The van der Waals surface area contributed by atoms with Crippen LogP contribution in [0.15, 0.2) is 42.5 Å². The summed E-state index contributed by atoms with van der Waals surface area (Å²) in [7, 11) is 0. The third-order valence-electron chi connectivity index (χ3n) is 4.40. The standard InChI is InChI=1S/C18H18N2O5/c19-18(17(24)25)6-1-7-20(18)16(23)12-4-2-11(3-5-12)13-8-14(21)10-15(22)9-13/h2-5,8-10,21-22H,1,6-7,19H2,(H,24,25). The van der Waals surface area contributed by atoms with Crippen molar-refractivity contribution in [2.75, 3.05) is 6.54 Å². The van der Waals surface area contributed by atoms with Crippen LogP contribution in [0.25, 0.3) is 11.1 Å². The summed E-state index contributed by atoms with van der Waals surface area (Å²) in [6.45, 7) is 0.295. The number of aromatic hydroxyl groups is 2. The van der Waals surface area contributed by atoms with Crippen LogP contribution >= 0.6 is 0 Å². The Bertz CT molecular complexity index is 814. The number of hydrogen-bond donors (Lipinski definition) is 4. The maximum absolute atomic E-state index is 12.6. The molecule has 1 fully saturated rings. The Labute approximate surface area is 143 Å². The van der Waals surface area contributed by atoms with Crippen molar-refractivity contribution in [2.45, 2.75) is 18.5 Å². The molecule has 1 saturated heterocycles. The van der Waals surface area contributed by atoms with Crippen molar-refractivity contribution in [1.29, 1.82) is 0 Å². The lowest BCUT2D eigenvalue weighted by Crippen LogP contribution is -2.59. The lowest BCUT2D eigenvalue weighted by Gasteiger charge is -2.30. The summed E-state index contributed by atoms with van der Waals surface area (Å²) in [6, 6.07) is 10.7. The Kier molecular flexibility index (Phi) is 4.10. The molecule has 1 aliphatic rings. The van der Waals surface area contributed by atoms with Crippen LogP contribution in [0.5, 0.6) is 11.5 Å². The number of amides is 1. The molecule has 7 nitrogen and oxygen atoms in total. The predicted molar refractivity (Wildman–Crippen MR) is 90.0 cm³/mol. The van der Waals surface area contributed by atoms with E-state index in [0.717, 1.165) is 0 Å². The van der Waals surface area contributed by atoms with Gasteiger partial charge in [-0.15, -0.1) is 0 Å². The number of carbonyl (C=O) groups excluding carboxylic acids is 1. The molecular weight excluding hydrogens is 324 g/mol. The Balaban J connectivity index is 1.87. The van der Waals surface area contributed by atoms with Crippen molar-refractivity contribution in [1.82, 2.24) is 4.90 Å². The number of carbonyl (C=O) groups is 2. The van der Waals surface area contributed by atoms with Crippen LogP contribution in [-0.4, -0.2) is 44.3 Å². The highest BCUT2D eigenvalue weighted by atomic mass is 16.4. The molecule has 0 saturated carbocycles. The summed E-state index contributed by atoms with van der Waals surface area (Å²) < 4.78 is 0. The SMILES string of the molecule is NC1(C(=O)O)CCCN1C(=O)c1ccc(-c2cc(O)cc(O)c2)cc1. The molecule has 1 atom stereocenters. The van der Waals surface area contributed by atoms with Gasteiger partial charge in [-0.25, -0.2) is 4.79 Å². The van der Waals surface area contributed by atoms with Gasteiger partial charge in [0, 0.05) is 18.2 Å². The molecule has 1 unspecified atom stereocenters. The third kappa shape index (κ3) is 3.01. The molecule has 25 heavy (non-hydrogen) atoms. The number of benzene rings is 2. The molecule has 0 spiro atoms. The van der Waals surface area contributed by atoms with Gasteiger partial charge < -0.3 is 20.2 Å². The van der Waals surface area contributed by atoms with Gasteiger partial charge in [0.25, 0.3) is 5.91 Å². The summed E-state index contributed by atoms with van der Waals surface area (Å²) in [6.07, 6.45) is 0.754. The van der Waals surface area contributed by atoms with Gasteiger partial charge in [0.15, 0.2) is 5.66 Å². The van der Waals surface area contributed by atoms with Gasteiger partial charge in [-0.2, -0.15) is 0 Å². The molecule has 5 N–H and O–H groups in total. The molecule has 1 heterocycles. The smallest absolute Gasteiger partial charge is 0.344 e. The second kappa shape index (κ2) is 6.10. The fraction of sp³-hybridized carbons (Fsp3) is 0.222. The van der Waals surface area contributed by atoms with Crippen LogP contribution in [0.3, 0.4) is 0 Å². The van der Waals surface area contributed by atoms with Gasteiger partial charge in [-0.1, -0.05) is 12.1 Å². The van der Waals surface area contributed by atoms with E-state index in [9.17, 15) is 24.9 Å². The number of aliphatic carboxylic acids is 1. The first-order chi connectivity index (χ1) is 11.8. The van der Waals surface area contributed by atoms with Crippen molar-refractivity contribution >= 4 is 11.9 Å². The number of phenols is 2. The predicted octanol–water partition coefficient (Wildman–Crippen LogP) is 1.74. The van der Waals surface area contributed by atoms with Crippen molar-refractivity contribution in [3.8, 4) is 22.6 Å². The van der Waals surface area contributed by atoms with Crippen molar-refractivity contribution in [3.05, 3.63) is 48.0 Å². The first-order valence-corrected chi connectivity index (χ1v) is 7.79. The number of likely N-dealkylation sites (tertiary alicyclic amines) is 1. The molecule has 1 aliphatic heterocycles. The molecule has 2 aromatic carbocycles. The van der Waals surface area contributed by atoms with Crippen LogP contribution in [0.1, 0.15) is 23.2 Å². The van der Waals surface area contributed by atoms with E-state index in [1.807, 2.05) is 0 Å². The lowest BCUT2D eigenvalue weighted by molar-refractivity contribution is -0.148. The lowest BCUT2D eigenvalue weighted by atomic mass is 10.0. The molecule has 2 aromatic rings. The average molecular weight is 342 g/mol. The second-order valence-corrected chi connectivity index (χ2v) is 6.11. The Hall–Kier alpha value is -3.06. The maximum Gasteiger partial charge on any atom is 0.344 e. The van der Waals surface area contributed by atoms with Gasteiger partial charge in [-0.05, 0) is 48.2 Å². The van der Waals surface area contributed by atoms with Gasteiger partial charge in [0.1, 0.15) is 11.5 Å². The summed E-state index contributed by atoms with van der Waals surface area (Å²) in [5.41, 5.74) is 5.83. The average Bonchev–Trinajstić information content (AvgIpc) is 2.97. The molecule has 1 amide bonds. The zero-order valence-electron chi connectivity index (χ0n) is 13.3. The van der Waals surface area contributed by atoms with E-state index in [4.69, 9.17) is 5.73 Å². The topological polar surface area (TPSA) is 124 Å². The van der Waals surface area contributed by atoms with Crippen LogP contribution in [0.4, 0.5) is 0 Å². The molecule has 0 radical (unpaired) electrons. The minimum absolute atomic E-state index is 0.0680. The first-order valence-electron chi connectivity index (χ1n) is 7.79. The number of rotatable bonds is 3. The molecule has 7 heteroatoms. The minimum atomic E-state index is -1.67. The van der Waals surface area contributed by atoms with E-state index in [1.54, 1.807) is 24.3 Å². The fourth-order valence-electron chi connectivity index (χ4n) is 3.07. The fourth-order valence-corrected chi connectivity index (χ4v) is 3.07. The van der Waals surface area contributed by atoms with Gasteiger partial charge in [-0.3, -0.25) is 10.5 Å². The normalized spacial score (nSPS) is 19.8. The van der Waals surface area contributed by atoms with Crippen LogP contribution in [0, 0.1) is 0 Å². The highest BCUT2D eigenvalue weighted by Crippen LogP contribution is 2.30. The van der Waals surface area contributed by atoms with E-state index in [0.29, 0.717) is 29.7 Å². The number of carboxylic acid groups (broad SMARTS) is 1. The van der Waals surface area contributed by atoms with Crippen LogP contribution in [-0.2, 0) is 4.79 Å². The summed E-state index contributed by atoms with van der Waals surface area (Å²) in [4.78, 5) is 25.2. The number of hydrogen-bond acceptors (Lipinski definition) is 5. The summed E-state index contributed by atoms with van der Waals surface area (Å²) >= 11 is 0. The van der Waals surface area contributed by atoms with E-state index in [1.165, 1.54) is 23.1 Å². The van der Waals surface area contributed by atoms with Gasteiger partial charge in [0.2, 0.25) is 0 Å². The van der Waals surface area contributed by atoms with Crippen molar-refractivity contribution < 1.29 is 24.9 Å². The highest BCUT2D eigenvalue weighted by molar-refractivity contribution is 5.98. The molecular formula is C18H18N2O5. The zero-order chi connectivity index (χ0) is 18.2. The van der Waals surface area contributed by atoms with Crippen molar-refractivity contribution in [3.63, 3.8) is 0 Å². The molecule has 0 aromatic heterocycles. The van der Waals surface area contributed by atoms with Crippen LogP contribution in [0.2, 0.25) is 0 Å². The Morgan fingerprint density at radius 2 is 1.60 bits per heavy atom. The monoisotopic (exact) mass is 342 g/mol. The van der Waals surface area contributed by atoms with Gasteiger partial charge >= 0.3 is 5.97 Å². The molecule has 130 valence electrons. The van der Waals surface area contributed by atoms with E-state index in [-0.39, 0.29) is 17.9 Å². The van der Waals surface area contributed by atoms with E-state index in [2.05, 4.69) is 0 Å². The van der Waals surface area contributed by atoms with E-state index < -0.39 is 17.5 Å². The van der Waals surface area contributed by atoms with Crippen molar-refractivity contribution in [2.24, 2.45) is 5.73 Å². The number of carboxylic acids is 1. The number of nitrogens with zero attached hydrogens (tertiary/aromatic N) is 1. The number of phenolic OH excluding ortho intramolecular Hbond substituents is 2. The zero-order valence-corrected chi connectivity index (χ0v) is 13.3. The van der Waals surface area contributed by atoms with Crippen LogP contribution < -0.4 is 5.73 Å². The largest absolute Gasteiger partial charge is 0.508 e. The quantitative estimate of drug-likeness (QED) is 0.673. The molecule has 0 bridgehead atoms. The number of nitrogens with two attached hydrogens (primary N) is 1. The van der Waals surface area contributed by atoms with Gasteiger partial charge in [0.05, 0.1) is 0 Å². The minimum Gasteiger partial charge on any atom is -0.508 e. The second-order valence-electron chi connectivity index (χ2n) is 6.11. The summed E-state index contributed by atoms with van der Waals surface area (Å²) in [5.74, 6) is -1.79. The Morgan fingerprint density at radius 3 is 2.16 bits per heavy atom. The van der Waals surface area contributed by atoms with E-state index >= 15 is 0 Å².